The van der Waals surface area contributed by atoms with Crippen molar-refractivity contribution in [1.82, 2.24) is 0 Å². The van der Waals surface area contributed by atoms with Gasteiger partial charge in [0, 0.05) is 12.0 Å². The molecule has 1 aliphatic heterocycles. The van der Waals surface area contributed by atoms with Crippen molar-refractivity contribution in [2.75, 3.05) is 6.61 Å². The lowest BCUT2D eigenvalue weighted by Crippen LogP contribution is -2.30. The maximum absolute atomic E-state index is 13.3. The van der Waals surface area contributed by atoms with Gasteiger partial charge in [0.1, 0.15) is 11.6 Å². The SMILES string of the molecule is CC1CC(C)(C)COc2cc(F)cc(Cl)c2C1=O. The van der Waals surface area contributed by atoms with Crippen molar-refractivity contribution in [3.8, 4) is 5.75 Å². The average molecular weight is 271 g/mol. The van der Waals surface area contributed by atoms with Gasteiger partial charge in [0.2, 0.25) is 0 Å². The minimum absolute atomic E-state index is 0.0808. The number of ketones is 1. The van der Waals surface area contributed by atoms with E-state index >= 15 is 0 Å². The summed E-state index contributed by atoms with van der Waals surface area (Å²) in [6.45, 7) is 6.38. The van der Waals surface area contributed by atoms with Gasteiger partial charge in [-0.05, 0) is 17.9 Å². The van der Waals surface area contributed by atoms with Crippen LogP contribution in [0.4, 0.5) is 4.39 Å². The first kappa shape index (κ1) is 13.3. The predicted molar refractivity (Wildman–Crippen MR) is 68.8 cm³/mol. The summed E-state index contributed by atoms with van der Waals surface area (Å²) in [7, 11) is 0. The molecule has 0 spiro atoms. The number of carbonyl (C=O) groups excluding carboxylic acids is 1. The van der Waals surface area contributed by atoms with Crippen molar-refractivity contribution in [1.29, 1.82) is 0 Å². The van der Waals surface area contributed by atoms with Crippen LogP contribution < -0.4 is 4.74 Å². The molecule has 4 heteroatoms. The van der Waals surface area contributed by atoms with Crippen molar-refractivity contribution in [3.05, 3.63) is 28.5 Å². The standard InChI is InChI=1S/C14H16ClFO2/c1-8-6-14(2,3)7-18-11-5-9(16)4-10(15)12(11)13(8)17/h4-5,8H,6-7H2,1-3H3. The normalized spacial score (nSPS) is 22.7. The number of benzene rings is 1. The van der Waals surface area contributed by atoms with Crippen LogP contribution in [0.15, 0.2) is 12.1 Å². The molecular weight excluding hydrogens is 255 g/mol. The topological polar surface area (TPSA) is 26.3 Å². The van der Waals surface area contributed by atoms with E-state index in [9.17, 15) is 9.18 Å². The number of rotatable bonds is 0. The Morgan fingerprint density at radius 2 is 2.11 bits per heavy atom. The third-order valence-electron chi connectivity index (χ3n) is 3.19. The predicted octanol–water partition coefficient (Wildman–Crippen LogP) is 4.11. The molecular formula is C14H16ClFO2. The summed E-state index contributed by atoms with van der Waals surface area (Å²) in [5.74, 6) is -0.462. The molecule has 1 heterocycles. The Balaban J connectivity index is 2.53. The monoisotopic (exact) mass is 270 g/mol. The third kappa shape index (κ3) is 2.51. The van der Waals surface area contributed by atoms with Crippen molar-refractivity contribution in [3.63, 3.8) is 0 Å². The molecule has 98 valence electrons. The summed E-state index contributed by atoms with van der Waals surface area (Å²) in [4.78, 5) is 12.3. The van der Waals surface area contributed by atoms with Crippen LogP contribution in [0.3, 0.4) is 0 Å². The lowest BCUT2D eigenvalue weighted by atomic mass is 9.80. The van der Waals surface area contributed by atoms with Gasteiger partial charge in [-0.25, -0.2) is 4.39 Å². The van der Waals surface area contributed by atoms with Gasteiger partial charge < -0.3 is 4.74 Å². The van der Waals surface area contributed by atoms with Crippen LogP contribution in [0.25, 0.3) is 0 Å². The van der Waals surface area contributed by atoms with E-state index in [1.807, 2.05) is 20.8 Å². The number of fused-ring (bicyclic) bond motifs is 1. The highest BCUT2D eigenvalue weighted by Gasteiger charge is 2.32. The van der Waals surface area contributed by atoms with Crippen molar-refractivity contribution >= 4 is 17.4 Å². The second-order valence-corrected chi connectivity index (χ2v) is 6.09. The zero-order valence-electron chi connectivity index (χ0n) is 10.7. The lowest BCUT2D eigenvalue weighted by molar-refractivity contribution is 0.0809. The molecule has 0 saturated carbocycles. The van der Waals surface area contributed by atoms with Crippen LogP contribution in [0.5, 0.6) is 5.75 Å². The quantitative estimate of drug-likeness (QED) is 0.709. The van der Waals surface area contributed by atoms with E-state index in [4.69, 9.17) is 16.3 Å². The summed E-state index contributed by atoms with van der Waals surface area (Å²) in [5.41, 5.74) is 0.187. The molecule has 0 N–H and O–H groups in total. The molecule has 1 unspecified atom stereocenters. The maximum Gasteiger partial charge on any atom is 0.170 e. The average Bonchev–Trinajstić information content (AvgIpc) is 2.23. The van der Waals surface area contributed by atoms with Crippen LogP contribution in [0, 0.1) is 17.2 Å². The zero-order chi connectivity index (χ0) is 13.5. The highest BCUT2D eigenvalue weighted by atomic mass is 35.5. The molecule has 0 amide bonds. The molecule has 18 heavy (non-hydrogen) atoms. The summed E-state index contributed by atoms with van der Waals surface area (Å²) < 4.78 is 18.9. The second-order valence-electron chi connectivity index (χ2n) is 5.68. The summed E-state index contributed by atoms with van der Waals surface area (Å²) in [6, 6.07) is 2.38. The van der Waals surface area contributed by atoms with Crippen molar-refractivity contribution in [2.24, 2.45) is 11.3 Å². The van der Waals surface area contributed by atoms with Gasteiger partial charge in [-0.3, -0.25) is 4.79 Å². The molecule has 0 aromatic heterocycles. The van der Waals surface area contributed by atoms with Crippen LogP contribution in [0.2, 0.25) is 5.02 Å². The van der Waals surface area contributed by atoms with Gasteiger partial charge in [-0.1, -0.05) is 32.4 Å². The molecule has 1 atom stereocenters. The number of halogens is 2. The van der Waals surface area contributed by atoms with E-state index in [1.165, 1.54) is 6.07 Å². The van der Waals surface area contributed by atoms with Crippen molar-refractivity contribution < 1.29 is 13.9 Å². The van der Waals surface area contributed by atoms with Crippen LogP contribution in [-0.4, -0.2) is 12.4 Å². The molecule has 0 fully saturated rings. The van der Waals surface area contributed by atoms with Gasteiger partial charge in [-0.2, -0.15) is 0 Å². The molecule has 1 aromatic carbocycles. The molecule has 0 aliphatic carbocycles. The lowest BCUT2D eigenvalue weighted by Gasteiger charge is -2.31. The fraction of sp³-hybridized carbons (Fsp3) is 0.500. The molecule has 0 bridgehead atoms. The second kappa shape index (κ2) is 4.54. The van der Waals surface area contributed by atoms with Gasteiger partial charge in [0.25, 0.3) is 0 Å². The minimum Gasteiger partial charge on any atom is -0.492 e. The Morgan fingerprint density at radius 3 is 2.78 bits per heavy atom. The van der Waals surface area contributed by atoms with E-state index in [1.54, 1.807) is 0 Å². The fourth-order valence-corrected chi connectivity index (χ4v) is 2.69. The fourth-order valence-electron chi connectivity index (χ4n) is 2.40. The number of ether oxygens (including phenoxy) is 1. The first-order valence-corrected chi connectivity index (χ1v) is 6.34. The van der Waals surface area contributed by atoms with Crippen LogP contribution >= 0.6 is 11.6 Å². The highest BCUT2D eigenvalue weighted by Crippen LogP contribution is 2.37. The first-order chi connectivity index (χ1) is 8.30. The Bertz CT molecular complexity index is 497. The smallest absolute Gasteiger partial charge is 0.170 e. The molecule has 0 saturated heterocycles. The van der Waals surface area contributed by atoms with Gasteiger partial charge in [-0.15, -0.1) is 0 Å². The highest BCUT2D eigenvalue weighted by molar-refractivity contribution is 6.34. The van der Waals surface area contributed by atoms with Gasteiger partial charge in [0.05, 0.1) is 17.2 Å². The van der Waals surface area contributed by atoms with Crippen LogP contribution in [-0.2, 0) is 0 Å². The zero-order valence-corrected chi connectivity index (χ0v) is 11.5. The van der Waals surface area contributed by atoms with Gasteiger partial charge >= 0.3 is 0 Å². The molecule has 1 aromatic rings. The maximum atomic E-state index is 13.3. The van der Waals surface area contributed by atoms with Crippen molar-refractivity contribution in [2.45, 2.75) is 27.2 Å². The largest absolute Gasteiger partial charge is 0.492 e. The van der Waals surface area contributed by atoms with E-state index < -0.39 is 5.82 Å². The molecule has 1 aliphatic rings. The van der Waals surface area contributed by atoms with E-state index in [-0.39, 0.29) is 27.9 Å². The third-order valence-corrected chi connectivity index (χ3v) is 3.49. The summed E-state index contributed by atoms with van der Waals surface area (Å²) in [5, 5.41) is 0.126. The Hall–Kier alpha value is -1.09. The van der Waals surface area contributed by atoms with Crippen LogP contribution in [0.1, 0.15) is 37.6 Å². The number of carbonyl (C=O) groups is 1. The number of hydrogen-bond acceptors (Lipinski definition) is 2. The number of Topliss-reactive ketones (excluding diaryl/α,β-unsaturated/α-hetero) is 1. The first-order valence-electron chi connectivity index (χ1n) is 5.96. The molecule has 2 nitrogen and oxygen atoms in total. The number of hydrogen-bond donors (Lipinski definition) is 0. The Kier molecular flexibility index (Phi) is 3.37. The molecule has 2 rings (SSSR count). The summed E-state index contributed by atoms with van der Waals surface area (Å²) in [6.07, 6.45) is 0.721. The molecule has 0 radical (unpaired) electrons. The summed E-state index contributed by atoms with van der Waals surface area (Å²) >= 11 is 5.96. The Labute approximate surface area is 111 Å². The van der Waals surface area contributed by atoms with E-state index in [2.05, 4.69) is 0 Å². The van der Waals surface area contributed by atoms with E-state index in [0.717, 1.165) is 12.5 Å². The van der Waals surface area contributed by atoms with Gasteiger partial charge in [0.15, 0.2) is 5.78 Å². The minimum atomic E-state index is -0.488. The van der Waals surface area contributed by atoms with E-state index in [0.29, 0.717) is 12.2 Å². The Morgan fingerprint density at radius 1 is 1.44 bits per heavy atom.